The van der Waals surface area contributed by atoms with Crippen molar-refractivity contribution in [2.45, 2.75) is 6.54 Å². The lowest BCUT2D eigenvalue weighted by Crippen LogP contribution is -2.21. The standard InChI is InChI=1S/C18H13ClFNO/c19-17-7-3-6-15(18(17)20)11-21(12-22)16-9-8-13-4-1-2-5-14(13)10-16/h1-10,12H,11H2. The van der Waals surface area contributed by atoms with Crippen molar-refractivity contribution in [3.05, 3.63) is 77.1 Å². The summed E-state index contributed by atoms with van der Waals surface area (Å²) < 4.78 is 14.0. The van der Waals surface area contributed by atoms with Gasteiger partial charge in [-0.15, -0.1) is 0 Å². The molecule has 0 spiro atoms. The summed E-state index contributed by atoms with van der Waals surface area (Å²) in [4.78, 5) is 12.9. The summed E-state index contributed by atoms with van der Waals surface area (Å²) in [6.07, 6.45) is 0.699. The fraction of sp³-hybridized carbons (Fsp3) is 0.0556. The van der Waals surface area contributed by atoms with Crippen molar-refractivity contribution in [3.8, 4) is 0 Å². The molecule has 3 aromatic rings. The van der Waals surface area contributed by atoms with Crippen LogP contribution in [0, 0.1) is 5.82 Å². The van der Waals surface area contributed by atoms with Gasteiger partial charge in [0.15, 0.2) is 0 Å². The third-order valence-electron chi connectivity index (χ3n) is 3.56. The van der Waals surface area contributed by atoms with Gasteiger partial charge in [0, 0.05) is 11.3 Å². The summed E-state index contributed by atoms with van der Waals surface area (Å²) >= 11 is 5.78. The highest BCUT2D eigenvalue weighted by molar-refractivity contribution is 6.30. The normalized spacial score (nSPS) is 10.6. The zero-order valence-electron chi connectivity index (χ0n) is 11.7. The maximum absolute atomic E-state index is 14.0. The predicted octanol–water partition coefficient (Wildman–Crippen LogP) is 4.80. The monoisotopic (exact) mass is 313 g/mol. The zero-order chi connectivity index (χ0) is 15.5. The first kappa shape index (κ1) is 14.5. The maximum Gasteiger partial charge on any atom is 0.214 e. The number of carbonyl (C=O) groups is 1. The lowest BCUT2D eigenvalue weighted by molar-refractivity contribution is -0.107. The maximum atomic E-state index is 14.0. The van der Waals surface area contributed by atoms with E-state index in [1.807, 2.05) is 42.5 Å². The average Bonchev–Trinajstić information content (AvgIpc) is 2.56. The van der Waals surface area contributed by atoms with E-state index in [0.717, 1.165) is 10.8 Å². The quantitative estimate of drug-likeness (QED) is 0.634. The van der Waals surface area contributed by atoms with Crippen molar-refractivity contribution >= 4 is 34.5 Å². The van der Waals surface area contributed by atoms with Gasteiger partial charge in [0.05, 0.1) is 11.6 Å². The highest BCUT2D eigenvalue weighted by atomic mass is 35.5. The molecule has 0 aromatic heterocycles. The van der Waals surface area contributed by atoms with E-state index in [9.17, 15) is 9.18 Å². The highest BCUT2D eigenvalue weighted by Gasteiger charge is 2.12. The molecule has 0 bridgehead atoms. The first-order valence-corrected chi connectivity index (χ1v) is 7.20. The molecular weight excluding hydrogens is 301 g/mol. The fourth-order valence-electron chi connectivity index (χ4n) is 2.40. The molecule has 0 unspecified atom stereocenters. The van der Waals surface area contributed by atoms with E-state index in [2.05, 4.69) is 0 Å². The molecule has 1 amide bonds. The molecule has 3 aromatic carbocycles. The Bertz CT molecular complexity index is 834. The van der Waals surface area contributed by atoms with Crippen LogP contribution in [0.15, 0.2) is 60.7 Å². The summed E-state index contributed by atoms with van der Waals surface area (Å²) in [6.45, 7) is 0.133. The van der Waals surface area contributed by atoms with Crippen LogP contribution in [0.2, 0.25) is 5.02 Å². The summed E-state index contributed by atoms with van der Waals surface area (Å²) in [5.41, 5.74) is 1.10. The summed E-state index contributed by atoms with van der Waals surface area (Å²) in [5.74, 6) is -0.489. The molecule has 0 N–H and O–H groups in total. The van der Waals surface area contributed by atoms with E-state index >= 15 is 0 Å². The molecule has 2 nitrogen and oxygen atoms in total. The number of fused-ring (bicyclic) bond motifs is 1. The number of nitrogens with zero attached hydrogens (tertiary/aromatic N) is 1. The van der Waals surface area contributed by atoms with Gasteiger partial charge >= 0.3 is 0 Å². The first-order chi connectivity index (χ1) is 10.7. The Hall–Kier alpha value is -2.39. The minimum atomic E-state index is -0.489. The second-order valence-electron chi connectivity index (χ2n) is 4.98. The minimum absolute atomic E-state index is 0.0573. The van der Waals surface area contributed by atoms with Crippen molar-refractivity contribution in [1.82, 2.24) is 0 Å². The third kappa shape index (κ3) is 2.81. The van der Waals surface area contributed by atoms with E-state index in [1.54, 1.807) is 12.1 Å². The van der Waals surface area contributed by atoms with E-state index in [4.69, 9.17) is 11.6 Å². The van der Waals surface area contributed by atoms with Crippen molar-refractivity contribution in [3.63, 3.8) is 0 Å². The van der Waals surface area contributed by atoms with Crippen molar-refractivity contribution in [2.24, 2.45) is 0 Å². The molecule has 0 radical (unpaired) electrons. The van der Waals surface area contributed by atoms with Crippen LogP contribution in [-0.2, 0) is 11.3 Å². The summed E-state index contributed by atoms with van der Waals surface area (Å²) in [5, 5.41) is 2.17. The van der Waals surface area contributed by atoms with Crippen molar-refractivity contribution in [2.75, 3.05) is 4.90 Å². The first-order valence-electron chi connectivity index (χ1n) is 6.82. The second kappa shape index (κ2) is 6.16. The molecule has 0 heterocycles. The van der Waals surface area contributed by atoms with Gasteiger partial charge in [-0.2, -0.15) is 0 Å². The van der Waals surface area contributed by atoms with Crippen LogP contribution in [0.25, 0.3) is 10.8 Å². The number of amides is 1. The molecule has 0 aliphatic rings. The summed E-state index contributed by atoms with van der Waals surface area (Å²) in [7, 11) is 0. The van der Waals surface area contributed by atoms with Gasteiger partial charge in [-0.3, -0.25) is 4.79 Å². The SMILES string of the molecule is O=CN(Cc1cccc(Cl)c1F)c1ccc2ccccc2c1. The fourth-order valence-corrected chi connectivity index (χ4v) is 2.59. The van der Waals surface area contributed by atoms with E-state index in [-0.39, 0.29) is 11.6 Å². The van der Waals surface area contributed by atoms with Gasteiger partial charge in [-0.25, -0.2) is 4.39 Å². The number of benzene rings is 3. The van der Waals surface area contributed by atoms with Gasteiger partial charge in [-0.1, -0.05) is 54.1 Å². The predicted molar refractivity (Wildman–Crippen MR) is 87.6 cm³/mol. The van der Waals surface area contributed by atoms with Crippen molar-refractivity contribution in [1.29, 1.82) is 0 Å². The number of carbonyl (C=O) groups excluding carboxylic acids is 1. The molecule has 0 saturated carbocycles. The van der Waals surface area contributed by atoms with Gasteiger partial charge in [0.25, 0.3) is 0 Å². The Labute approximate surface area is 132 Å². The van der Waals surface area contributed by atoms with E-state index in [0.29, 0.717) is 17.7 Å². The molecule has 0 aliphatic heterocycles. The molecule has 0 aliphatic carbocycles. The molecule has 110 valence electrons. The van der Waals surface area contributed by atoms with Crippen LogP contribution in [0.1, 0.15) is 5.56 Å². The third-order valence-corrected chi connectivity index (χ3v) is 3.86. The van der Waals surface area contributed by atoms with Crippen LogP contribution in [-0.4, -0.2) is 6.41 Å². The van der Waals surface area contributed by atoms with E-state index < -0.39 is 5.82 Å². The Balaban J connectivity index is 1.95. The number of hydrogen-bond donors (Lipinski definition) is 0. The van der Waals surface area contributed by atoms with Gasteiger partial charge in [0.2, 0.25) is 6.41 Å². The molecule has 0 saturated heterocycles. The Kier molecular flexibility index (Phi) is 4.07. The Morgan fingerprint density at radius 2 is 1.77 bits per heavy atom. The molecule has 0 fully saturated rings. The van der Waals surface area contributed by atoms with Gasteiger partial charge in [-0.05, 0) is 29.0 Å². The highest BCUT2D eigenvalue weighted by Crippen LogP contribution is 2.24. The Morgan fingerprint density at radius 3 is 2.55 bits per heavy atom. The molecule has 3 rings (SSSR count). The number of hydrogen-bond acceptors (Lipinski definition) is 1. The Morgan fingerprint density at radius 1 is 1.00 bits per heavy atom. The van der Waals surface area contributed by atoms with Crippen LogP contribution in [0.3, 0.4) is 0 Å². The van der Waals surface area contributed by atoms with Crippen LogP contribution < -0.4 is 4.90 Å². The van der Waals surface area contributed by atoms with Gasteiger partial charge in [0.1, 0.15) is 5.82 Å². The smallest absolute Gasteiger partial charge is 0.214 e. The lowest BCUT2D eigenvalue weighted by Gasteiger charge is -2.18. The number of anilines is 1. The average molecular weight is 314 g/mol. The van der Waals surface area contributed by atoms with Crippen molar-refractivity contribution < 1.29 is 9.18 Å². The minimum Gasteiger partial charge on any atom is -0.310 e. The number of halogens is 2. The second-order valence-corrected chi connectivity index (χ2v) is 5.38. The lowest BCUT2D eigenvalue weighted by atomic mass is 10.1. The van der Waals surface area contributed by atoms with Crippen LogP contribution in [0.4, 0.5) is 10.1 Å². The molecule has 4 heteroatoms. The largest absolute Gasteiger partial charge is 0.310 e. The zero-order valence-corrected chi connectivity index (χ0v) is 12.4. The molecular formula is C18H13ClFNO. The molecule has 0 atom stereocenters. The molecule has 22 heavy (non-hydrogen) atoms. The van der Waals surface area contributed by atoms with E-state index in [1.165, 1.54) is 11.0 Å². The number of rotatable bonds is 4. The van der Waals surface area contributed by atoms with Crippen LogP contribution >= 0.6 is 11.6 Å². The van der Waals surface area contributed by atoms with Crippen LogP contribution in [0.5, 0.6) is 0 Å². The topological polar surface area (TPSA) is 20.3 Å². The van der Waals surface area contributed by atoms with Gasteiger partial charge < -0.3 is 4.90 Å². The summed E-state index contributed by atoms with van der Waals surface area (Å²) in [6, 6.07) is 18.4.